The van der Waals surface area contributed by atoms with Gasteiger partial charge in [0, 0.05) is 27.8 Å². The number of halogens is 2. The van der Waals surface area contributed by atoms with E-state index in [4.69, 9.17) is 11.6 Å². The number of hydrogen-bond acceptors (Lipinski definition) is 3. The van der Waals surface area contributed by atoms with Gasteiger partial charge in [0.1, 0.15) is 0 Å². The van der Waals surface area contributed by atoms with E-state index in [-0.39, 0.29) is 0 Å². The van der Waals surface area contributed by atoms with Crippen LogP contribution < -0.4 is 0 Å². The van der Waals surface area contributed by atoms with Gasteiger partial charge in [-0.1, -0.05) is 30.0 Å². The van der Waals surface area contributed by atoms with Crippen LogP contribution >= 0.6 is 46.0 Å². The van der Waals surface area contributed by atoms with Crippen LogP contribution in [0.2, 0.25) is 0 Å². The Hall–Kier alpha value is -0.270. The summed E-state index contributed by atoms with van der Waals surface area (Å²) in [6, 6.07) is 8.19. The van der Waals surface area contributed by atoms with E-state index in [1.165, 1.54) is 3.57 Å². The molecule has 0 saturated carbocycles. The molecule has 1 heterocycles. The van der Waals surface area contributed by atoms with Gasteiger partial charge in [-0.05, 0) is 35.1 Å². The predicted octanol–water partition coefficient (Wildman–Crippen LogP) is 3.81. The number of aromatic nitrogens is 3. The summed E-state index contributed by atoms with van der Waals surface area (Å²) in [4.78, 5) is 0. The molecule has 0 aliphatic rings. The van der Waals surface area contributed by atoms with Gasteiger partial charge in [0.25, 0.3) is 0 Å². The Balaban J connectivity index is 2.23. The maximum Gasteiger partial charge on any atom is 0.191 e. The van der Waals surface area contributed by atoms with Crippen molar-refractivity contribution >= 4 is 46.0 Å². The Morgan fingerprint density at radius 1 is 1.33 bits per heavy atom. The fourth-order valence-electron chi connectivity index (χ4n) is 1.54. The van der Waals surface area contributed by atoms with Crippen LogP contribution in [0.5, 0.6) is 0 Å². The summed E-state index contributed by atoms with van der Waals surface area (Å²) in [5.74, 6) is 2.57. The maximum atomic E-state index is 5.67. The van der Waals surface area contributed by atoms with Crippen molar-refractivity contribution in [3.8, 4) is 11.4 Å². The predicted molar refractivity (Wildman–Crippen MR) is 85.2 cm³/mol. The molecule has 18 heavy (non-hydrogen) atoms. The SMILES string of the molecule is Cn1c(SCCCCl)nnc1-c1ccccc1I. The highest BCUT2D eigenvalue weighted by Crippen LogP contribution is 2.26. The summed E-state index contributed by atoms with van der Waals surface area (Å²) in [7, 11) is 2.00. The van der Waals surface area contributed by atoms with Crippen LogP contribution in [0.25, 0.3) is 11.4 Å². The third-order valence-electron chi connectivity index (χ3n) is 2.46. The summed E-state index contributed by atoms with van der Waals surface area (Å²) in [5, 5.41) is 9.45. The number of benzene rings is 1. The van der Waals surface area contributed by atoms with Crippen LogP contribution in [0.4, 0.5) is 0 Å². The molecular formula is C12H13ClIN3S. The number of thioether (sulfide) groups is 1. The van der Waals surface area contributed by atoms with Crippen LogP contribution in [0, 0.1) is 3.57 Å². The Labute approximate surface area is 129 Å². The average molecular weight is 394 g/mol. The quantitative estimate of drug-likeness (QED) is 0.335. The molecular weight excluding hydrogens is 381 g/mol. The van der Waals surface area contributed by atoms with E-state index in [1.54, 1.807) is 11.8 Å². The van der Waals surface area contributed by atoms with E-state index in [1.807, 2.05) is 23.7 Å². The van der Waals surface area contributed by atoms with Crippen molar-refractivity contribution in [2.75, 3.05) is 11.6 Å². The van der Waals surface area contributed by atoms with Gasteiger partial charge in [0.2, 0.25) is 0 Å². The van der Waals surface area contributed by atoms with Crippen LogP contribution in [0.3, 0.4) is 0 Å². The van der Waals surface area contributed by atoms with E-state index in [9.17, 15) is 0 Å². The molecule has 0 bridgehead atoms. The Morgan fingerprint density at radius 3 is 2.83 bits per heavy atom. The van der Waals surface area contributed by atoms with Crippen molar-refractivity contribution in [1.29, 1.82) is 0 Å². The number of alkyl halides is 1. The normalized spacial score (nSPS) is 10.8. The molecule has 1 aromatic heterocycles. The van der Waals surface area contributed by atoms with E-state index in [0.717, 1.165) is 28.7 Å². The molecule has 0 amide bonds. The molecule has 1 aromatic carbocycles. The number of hydrogen-bond donors (Lipinski definition) is 0. The molecule has 0 unspecified atom stereocenters. The lowest BCUT2D eigenvalue weighted by atomic mass is 10.2. The molecule has 6 heteroatoms. The average Bonchev–Trinajstić information content (AvgIpc) is 2.72. The number of nitrogens with zero attached hydrogens (tertiary/aromatic N) is 3. The van der Waals surface area contributed by atoms with Gasteiger partial charge in [0.15, 0.2) is 11.0 Å². The standard InChI is InChI=1S/C12H13ClIN3S/c1-17-11(9-5-2-3-6-10(9)14)15-16-12(17)18-8-4-7-13/h2-3,5-6H,4,7-8H2,1H3. The first-order valence-corrected chi connectivity index (χ1v) is 8.17. The van der Waals surface area contributed by atoms with Crippen LogP contribution in [0.15, 0.2) is 29.4 Å². The second kappa shape index (κ2) is 6.77. The van der Waals surface area contributed by atoms with Crippen molar-refractivity contribution < 1.29 is 0 Å². The fraction of sp³-hybridized carbons (Fsp3) is 0.333. The molecule has 3 nitrogen and oxygen atoms in total. The third-order valence-corrected chi connectivity index (χ3v) is 4.77. The van der Waals surface area contributed by atoms with E-state index in [0.29, 0.717) is 5.88 Å². The Kier molecular flexibility index (Phi) is 5.32. The molecule has 2 aromatic rings. The highest BCUT2D eigenvalue weighted by molar-refractivity contribution is 14.1. The lowest BCUT2D eigenvalue weighted by molar-refractivity contribution is 0.793. The summed E-state index contributed by atoms with van der Waals surface area (Å²) in [6.45, 7) is 0. The molecule has 2 rings (SSSR count). The Morgan fingerprint density at radius 2 is 2.11 bits per heavy atom. The second-order valence-corrected chi connectivity index (χ2v) is 6.34. The van der Waals surface area contributed by atoms with Gasteiger partial charge in [-0.25, -0.2) is 0 Å². The van der Waals surface area contributed by atoms with Crippen molar-refractivity contribution in [2.24, 2.45) is 7.05 Å². The highest BCUT2D eigenvalue weighted by atomic mass is 127. The minimum absolute atomic E-state index is 0.689. The molecule has 0 aliphatic carbocycles. The minimum atomic E-state index is 0.689. The third kappa shape index (κ3) is 3.19. The maximum absolute atomic E-state index is 5.67. The van der Waals surface area contributed by atoms with Gasteiger partial charge in [-0.2, -0.15) is 0 Å². The molecule has 0 fully saturated rings. The van der Waals surface area contributed by atoms with Crippen LogP contribution in [-0.4, -0.2) is 26.4 Å². The monoisotopic (exact) mass is 393 g/mol. The molecule has 0 N–H and O–H groups in total. The molecule has 96 valence electrons. The zero-order valence-corrected chi connectivity index (χ0v) is 13.7. The highest BCUT2D eigenvalue weighted by Gasteiger charge is 2.12. The molecule has 0 aliphatic heterocycles. The zero-order valence-electron chi connectivity index (χ0n) is 9.94. The van der Waals surface area contributed by atoms with Crippen molar-refractivity contribution in [3.05, 3.63) is 27.8 Å². The summed E-state index contributed by atoms with van der Waals surface area (Å²) >= 11 is 9.69. The van der Waals surface area contributed by atoms with Crippen molar-refractivity contribution in [2.45, 2.75) is 11.6 Å². The molecule has 0 saturated heterocycles. The smallest absolute Gasteiger partial charge is 0.191 e. The lowest BCUT2D eigenvalue weighted by Crippen LogP contribution is -1.96. The zero-order chi connectivity index (χ0) is 13.0. The number of rotatable bonds is 5. The van der Waals surface area contributed by atoms with Gasteiger partial charge in [-0.15, -0.1) is 21.8 Å². The van der Waals surface area contributed by atoms with Gasteiger partial charge in [-0.3, -0.25) is 0 Å². The first-order chi connectivity index (χ1) is 8.74. The van der Waals surface area contributed by atoms with Crippen LogP contribution in [-0.2, 0) is 7.05 Å². The van der Waals surface area contributed by atoms with Crippen molar-refractivity contribution in [1.82, 2.24) is 14.8 Å². The molecule has 0 atom stereocenters. The lowest BCUT2D eigenvalue weighted by Gasteiger charge is -2.05. The topological polar surface area (TPSA) is 30.7 Å². The van der Waals surface area contributed by atoms with E-state index < -0.39 is 0 Å². The fourth-order valence-corrected chi connectivity index (χ4v) is 3.31. The minimum Gasteiger partial charge on any atom is -0.305 e. The van der Waals surface area contributed by atoms with Gasteiger partial charge < -0.3 is 4.57 Å². The Bertz CT molecular complexity index is 530. The first-order valence-electron chi connectivity index (χ1n) is 5.57. The van der Waals surface area contributed by atoms with Gasteiger partial charge in [0.05, 0.1) is 0 Å². The van der Waals surface area contributed by atoms with Gasteiger partial charge >= 0.3 is 0 Å². The van der Waals surface area contributed by atoms with E-state index >= 15 is 0 Å². The first kappa shape index (κ1) is 14.1. The summed E-state index contributed by atoms with van der Waals surface area (Å²) < 4.78 is 3.22. The molecule has 0 spiro atoms. The largest absolute Gasteiger partial charge is 0.305 e. The molecule has 0 radical (unpaired) electrons. The van der Waals surface area contributed by atoms with Crippen molar-refractivity contribution in [3.63, 3.8) is 0 Å². The summed E-state index contributed by atoms with van der Waals surface area (Å²) in [6.07, 6.45) is 0.983. The second-order valence-electron chi connectivity index (χ2n) is 3.74. The van der Waals surface area contributed by atoms with E-state index in [2.05, 4.69) is 44.9 Å². The van der Waals surface area contributed by atoms with Crippen LogP contribution in [0.1, 0.15) is 6.42 Å². The summed E-state index contributed by atoms with van der Waals surface area (Å²) in [5.41, 5.74) is 1.12.